The van der Waals surface area contributed by atoms with Gasteiger partial charge in [0.25, 0.3) is 5.91 Å². The summed E-state index contributed by atoms with van der Waals surface area (Å²) in [6, 6.07) is 9.29. The van der Waals surface area contributed by atoms with Gasteiger partial charge in [-0.3, -0.25) is 4.79 Å². The Bertz CT molecular complexity index is 722. The lowest BCUT2D eigenvalue weighted by molar-refractivity contribution is 0.0698. The van der Waals surface area contributed by atoms with Gasteiger partial charge in [0.2, 0.25) is 0 Å². The second-order valence-corrected chi connectivity index (χ2v) is 4.81. The summed E-state index contributed by atoms with van der Waals surface area (Å²) in [5.41, 5.74) is 1.96. The van der Waals surface area contributed by atoms with Crippen LogP contribution in [0.15, 0.2) is 36.4 Å². The minimum atomic E-state index is -1.11. The third kappa shape index (κ3) is 3.20. The molecule has 0 unspecified atom stereocenters. The Morgan fingerprint density at radius 2 is 1.76 bits per heavy atom. The molecule has 3 N–H and O–H groups in total. The van der Waals surface area contributed by atoms with Gasteiger partial charge in [-0.15, -0.1) is 0 Å². The van der Waals surface area contributed by atoms with E-state index in [1.165, 1.54) is 12.1 Å². The van der Waals surface area contributed by atoms with Crippen LogP contribution in [0.4, 0.5) is 5.69 Å². The fraction of sp³-hybridized carbons (Fsp3) is 0.125. The highest BCUT2D eigenvalue weighted by Crippen LogP contribution is 2.21. The zero-order valence-electron chi connectivity index (χ0n) is 11.7. The van der Waals surface area contributed by atoms with E-state index in [-0.39, 0.29) is 22.6 Å². The van der Waals surface area contributed by atoms with E-state index in [1.807, 2.05) is 0 Å². The van der Waals surface area contributed by atoms with Crippen molar-refractivity contribution in [2.75, 3.05) is 5.32 Å². The van der Waals surface area contributed by atoms with Gasteiger partial charge < -0.3 is 15.5 Å². The maximum atomic E-state index is 12.1. The minimum Gasteiger partial charge on any atom is -0.508 e. The molecule has 0 spiro atoms. The summed E-state index contributed by atoms with van der Waals surface area (Å²) >= 11 is 0. The van der Waals surface area contributed by atoms with Gasteiger partial charge >= 0.3 is 5.97 Å². The predicted molar refractivity (Wildman–Crippen MR) is 78.9 cm³/mol. The number of hydrogen-bond acceptors (Lipinski definition) is 3. The smallest absolute Gasteiger partial charge is 0.337 e. The molecule has 108 valence electrons. The minimum absolute atomic E-state index is 0.0185. The first-order valence-corrected chi connectivity index (χ1v) is 6.33. The molecule has 0 saturated heterocycles. The molecule has 2 rings (SSSR count). The first-order valence-electron chi connectivity index (χ1n) is 6.33. The number of carboxylic acids is 1. The maximum Gasteiger partial charge on any atom is 0.337 e. The molecule has 0 radical (unpaired) electrons. The number of aryl methyl sites for hydroxylation is 2. The van der Waals surface area contributed by atoms with Gasteiger partial charge in [0.15, 0.2) is 0 Å². The number of carbonyl (C=O) groups is 2. The summed E-state index contributed by atoms with van der Waals surface area (Å²) in [4.78, 5) is 23.3. The molecule has 0 atom stereocenters. The highest BCUT2D eigenvalue weighted by atomic mass is 16.4. The Kier molecular flexibility index (Phi) is 3.93. The van der Waals surface area contributed by atoms with Crippen molar-refractivity contribution in [2.45, 2.75) is 13.8 Å². The van der Waals surface area contributed by atoms with E-state index in [1.54, 1.807) is 38.1 Å². The van der Waals surface area contributed by atoms with Crippen LogP contribution in [0.5, 0.6) is 5.75 Å². The number of phenolic OH excluding ortho intramolecular Hbond substituents is 1. The average Bonchev–Trinajstić information content (AvgIpc) is 2.43. The van der Waals surface area contributed by atoms with Crippen LogP contribution in [0.1, 0.15) is 31.8 Å². The molecule has 0 aromatic heterocycles. The summed E-state index contributed by atoms with van der Waals surface area (Å²) < 4.78 is 0. The SMILES string of the molecule is Cc1ccc(NC(=O)c2ccc(C)c(O)c2)c(C(=O)O)c1. The molecule has 2 aromatic carbocycles. The van der Waals surface area contributed by atoms with E-state index in [0.29, 0.717) is 5.56 Å². The molecule has 0 aliphatic carbocycles. The molecule has 0 aliphatic rings. The molecule has 0 saturated carbocycles. The van der Waals surface area contributed by atoms with Crippen LogP contribution in [0.2, 0.25) is 0 Å². The second kappa shape index (κ2) is 5.66. The molecule has 5 heteroatoms. The van der Waals surface area contributed by atoms with Crippen molar-refractivity contribution in [3.8, 4) is 5.75 Å². The van der Waals surface area contributed by atoms with Crippen molar-refractivity contribution in [3.05, 3.63) is 58.7 Å². The van der Waals surface area contributed by atoms with Crippen molar-refractivity contribution in [1.82, 2.24) is 0 Å². The summed E-state index contributed by atoms with van der Waals surface area (Å²) in [6.45, 7) is 3.50. The number of anilines is 1. The van der Waals surface area contributed by atoms with Crippen LogP contribution in [0, 0.1) is 13.8 Å². The lowest BCUT2D eigenvalue weighted by Crippen LogP contribution is -2.15. The second-order valence-electron chi connectivity index (χ2n) is 4.81. The number of amides is 1. The molecular formula is C16H15NO4. The topological polar surface area (TPSA) is 86.6 Å². The summed E-state index contributed by atoms with van der Waals surface area (Å²) in [6.07, 6.45) is 0. The number of phenols is 1. The first-order chi connectivity index (χ1) is 9.88. The van der Waals surface area contributed by atoms with Crippen LogP contribution >= 0.6 is 0 Å². The standard InChI is InChI=1S/C16H15NO4/c1-9-3-6-13(12(7-9)16(20)21)17-15(19)11-5-4-10(2)14(18)8-11/h3-8,18H,1-2H3,(H,17,19)(H,20,21). The van der Waals surface area contributed by atoms with Gasteiger partial charge in [0, 0.05) is 5.56 Å². The number of nitrogens with one attached hydrogen (secondary N) is 1. The highest BCUT2D eigenvalue weighted by molar-refractivity contribution is 6.08. The van der Waals surface area contributed by atoms with Crippen LogP contribution < -0.4 is 5.32 Å². The summed E-state index contributed by atoms with van der Waals surface area (Å²) in [5, 5.41) is 21.3. The van der Waals surface area contributed by atoms with Crippen molar-refractivity contribution >= 4 is 17.6 Å². The lowest BCUT2D eigenvalue weighted by Gasteiger charge is -2.10. The number of carboxylic acid groups (broad SMARTS) is 1. The van der Waals surface area contributed by atoms with Gasteiger partial charge in [-0.25, -0.2) is 4.79 Å². The third-order valence-electron chi connectivity index (χ3n) is 3.13. The molecule has 0 heterocycles. The average molecular weight is 285 g/mol. The number of carbonyl (C=O) groups excluding carboxylic acids is 1. The van der Waals surface area contributed by atoms with E-state index in [0.717, 1.165) is 5.56 Å². The molecule has 0 bridgehead atoms. The van der Waals surface area contributed by atoms with E-state index in [9.17, 15) is 14.7 Å². The Morgan fingerprint density at radius 3 is 2.38 bits per heavy atom. The van der Waals surface area contributed by atoms with Gasteiger partial charge in [-0.05, 0) is 43.7 Å². The van der Waals surface area contributed by atoms with Crippen LogP contribution in [-0.2, 0) is 0 Å². The zero-order valence-corrected chi connectivity index (χ0v) is 11.7. The Labute approximate surface area is 121 Å². The third-order valence-corrected chi connectivity index (χ3v) is 3.13. The van der Waals surface area contributed by atoms with E-state index >= 15 is 0 Å². The number of benzene rings is 2. The molecular weight excluding hydrogens is 270 g/mol. The normalized spacial score (nSPS) is 10.2. The van der Waals surface area contributed by atoms with Gasteiger partial charge in [-0.2, -0.15) is 0 Å². The predicted octanol–water partition coefficient (Wildman–Crippen LogP) is 2.96. The van der Waals surface area contributed by atoms with Gasteiger partial charge in [0.1, 0.15) is 5.75 Å². The fourth-order valence-electron chi connectivity index (χ4n) is 1.89. The monoisotopic (exact) mass is 285 g/mol. The quantitative estimate of drug-likeness (QED) is 0.809. The van der Waals surface area contributed by atoms with E-state index < -0.39 is 11.9 Å². The number of aromatic carboxylic acids is 1. The lowest BCUT2D eigenvalue weighted by atomic mass is 10.1. The van der Waals surface area contributed by atoms with Crippen molar-refractivity contribution in [2.24, 2.45) is 0 Å². The highest BCUT2D eigenvalue weighted by Gasteiger charge is 2.14. The fourth-order valence-corrected chi connectivity index (χ4v) is 1.89. The zero-order chi connectivity index (χ0) is 15.6. The molecule has 0 aliphatic heterocycles. The largest absolute Gasteiger partial charge is 0.508 e. The Hall–Kier alpha value is -2.82. The van der Waals surface area contributed by atoms with E-state index in [2.05, 4.69) is 5.32 Å². The van der Waals surface area contributed by atoms with Crippen molar-refractivity contribution in [3.63, 3.8) is 0 Å². The Morgan fingerprint density at radius 1 is 1.05 bits per heavy atom. The van der Waals surface area contributed by atoms with Crippen molar-refractivity contribution in [1.29, 1.82) is 0 Å². The molecule has 2 aromatic rings. The molecule has 1 amide bonds. The number of hydrogen-bond donors (Lipinski definition) is 3. The summed E-state index contributed by atoms with van der Waals surface area (Å²) in [7, 11) is 0. The number of aromatic hydroxyl groups is 1. The van der Waals surface area contributed by atoms with Crippen LogP contribution in [0.25, 0.3) is 0 Å². The van der Waals surface area contributed by atoms with E-state index in [4.69, 9.17) is 5.11 Å². The molecule has 0 fully saturated rings. The maximum absolute atomic E-state index is 12.1. The number of rotatable bonds is 3. The molecule has 21 heavy (non-hydrogen) atoms. The van der Waals surface area contributed by atoms with Gasteiger partial charge in [-0.1, -0.05) is 17.7 Å². The van der Waals surface area contributed by atoms with Crippen LogP contribution in [-0.4, -0.2) is 22.1 Å². The van der Waals surface area contributed by atoms with Gasteiger partial charge in [0.05, 0.1) is 11.3 Å². The van der Waals surface area contributed by atoms with Crippen molar-refractivity contribution < 1.29 is 19.8 Å². The molecule has 5 nitrogen and oxygen atoms in total. The first kappa shape index (κ1) is 14.6. The van der Waals surface area contributed by atoms with Crippen LogP contribution in [0.3, 0.4) is 0 Å². The Balaban J connectivity index is 2.31. The summed E-state index contributed by atoms with van der Waals surface area (Å²) in [5.74, 6) is -1.57.